The van der Waals surface area contributed by atoms with Gasteiger partial charge in [0.25, 0.3) is 0 Å². The molecule has 0 amide bonds. The third kappa shape index (κ3) is 4.93. The van der Waals surface area contributed by atoms with E-state index in [1.807, 2.05) is 29.5 Å². The normalized spacial score (nSPS) is 11.9. The lowest BCUT2D eigenvalue weighted by Crippen LogP contribution is -2.10. The van der Waals surface area contributed by atoms with Crippen molar-refractivity contribution in [3.8, 4) is 0 Å². The molecule has 4 nitrogen and oxygen atoms in total. The zero-order valence-corrected chi connectivity index (χ0v) is 31.4. The first-order valence-corrected chi connectivity index (χ1v) is 20.0. The summed E-state index contributed by atoms with van der Waals surface area (Å²) < 4.78 is 15.7. The Morgan fingerprint density at radius 2 is 0.825 bits per heavy atom. The quantitative estimate of drug-likeness (QED) is 0.170. The van der Waals surface area contributed by atoms with E-state index in [1.165, 1.54) is 30.9 Å². The largest absolute Gasteiger partial charge is 0.454 e. The van der Waals surface area contributed by atoms with Gasteiger partial charge in [-0.25, -0.2) is 0 Å². The molecule has 12 aromatic rings. The fraction of sp³-hybridized carbons (Fsp3) is 0. The number of hydrogen-bond acceptors (Lipinski definition) is 5. The van der Waals surface area contributed by atoms with Gasteiger partial charge < -0.3 is 18.6 Å². The lowest BCUT2D eigenvalue weighted by Gasteiger charge is -2.27. The molecule has 0 aliphatic carbocycles. The van der Waals surface area contributed by atoms with Crippen molar-refractivity contribution in [1.82, 2.24) is 0 Å². The highest BCUT2D eigenvalue weighted by molar-refractivity contribution is 7.26. The summed E-state index contributed by atoms with van der Waals surface area (Å²) in [5, 5.41) is 9.33. The maximum Gasteiger partial charge on any atom is 0.159 e. The van der Waals surface area contributed by atoms with Crippen LogP contribution < -0.4 is 9.80 Å². The lowest BCUT2D eigenvalue weighted by atomic mass is 10.0. The number of para-hydroxylation sites is 6. The first-order chi connectivity index (χ1) is 28.3. The maximum atomic E-state index is 6.66. The predicted octanol–water partition coefficient (Wildman–Crippen LogP) is 15.9. The number of rotatable bonds is 6. The highest BCUT2D eigenvalue weighted by Gasteiger charge is 2.24. The van der Waals surface area contributed by atoms with Crippen molar-refractivity contribution >= 4 is 120 Å². The van der Waals surface area contributed by atoms with Crippen LogP contribution >= 0.6 is 11.3 Å². The summed E-state index contributed by atoms with van der Waals surface area (Å²) in [6.07, 6.45) is 0. The monoisotopic (exact) mass is 748 g/mol. The number of benzene rings is 9. The molecule has 3 aromatic heterocycles. The van der Waals surface area contributed by atoms with Crippen molar-refractivity contribution < 1.29 is 8.83 Å². The van der Waals surface area contributed by atoms with Gasteiger partial charge in [0, 0.05) is 64.2 Å². The van der Waals surface area contributed by atoms with Crippen LogP contribution in [0.1, 0.15) is 0 Å². The van der Waals surface area contributed by atoms with Gasteiger partial charge in [0.2, 0.25) is 0 Å². The molecule has 0 atom stereocenters. The molecule has 0 unspecified atom stereocenters. The van der Waals surface area contributed by atoms with E-state index in [-0.39, 0.29) is 0 Å². The summed E-state index contributed by atoms with van der Waals surface area (Å²) in [5.74, 6) is 0. The van der Waals surface area contributed by atoms with Crippen LogP contribution in [-0.4, -0.2) is 0 Å². The van der Waals surface area contributed by atoms with Crippen LogP contribution in [0.4, 0.5) is 34.1 Å². The molecule has 0 aliphatic rings. The predicted molar refractivity (Wildman–Crippen MR) is 241 cm³/mol. The van der Waals surface area contributed by atoms with Crippen LogP contribution in [-0.2, 0) is 0 Å². The zero-order chi connectivity index (χ0) is 37.5. The minimum Gasteiger partial charge on any atom is -0.454 e. The molecular weight excluding hydrogens is 717 g/mol. The number of furan rings is 2. The molecule has 0 fully saturated rings. The summed E-state index contributed by atoms with van der Waals surface area (Å²) in [6, 6.07) is 68.8. The maximum absolute atomic E-state index is 6.66. The van der Waals surface area contributed by atoms with Gasteiger partial charge in [-0.2, -0.15) is 0 Å². The van der Waals surface area contributed by atoms with Crippen LogP contribution in [0.25, 0.3) is 74.8 Å². The van der Waals surface area contributed by atoms with Gasteiger partial charge in [-0.15, -0.1) is 11.3 Å². The molecule has 0 N–H and O–H groups in total. The lowest BCUT2D eigenvalue weighted by molar-refractivity contribution is 0.668. The second-order valence-corrected chi connectivity index (χ2v) is 15.5. The number of fused-ring (bicyclic) bond motifs is 11. The molecule has 3 heterocycles. The van der Waals surface area contributed by atoms with Crippen molar-refractivity contribution in [3.05, 3.63) is 194 Å². The molecule has 0 bridgehead atoms. The molecule has 0 saturated carbocycles. The van der Waals surface area contributed by atoms with E-state index in [9.17, 15) is 0 Å². The van der Waals surface area contributed by atoms with E-state index in [0.717, 1.165) is 78.0 Å². The molecule has 57 heavy (non-hydrogen) atoms. The Hall–Kier alpha value is -7.34. The highest BCUT2D eigenvalue weighted by Crippen LogP contribution is 2.50. The summed E-state index contributed by atoms with van der Waals surface area (Å²) in [7, 11) is 0. The smallest absolute Gasteiger partial charge is 0.159 e. The Balaban J connectivity index is 1.09. The Kier molecular flexibility index (Phi) is 7.06. The highest BCUT2D eigenvalue weighted by atomic mass is 32.1. The van der Waals surface area contributed by atoms with Gasteiger partial charge in [-0.3, -0.25) is 0 Å². The van der Waals surface area contributed by atoms with Crippen molar-refractivity contribution in [1.29, 1.82) is 0 Å². The van der Waals surface area contributed by atoms with Crippen molar-refractivity contribution in [2.24, 2.45) is 0 Å². The first-order valence-electron chi connectivity index (χ1n) is 19.2. The van der Waals surface area contributed by atoms with Gasteiger partial charge in [-0.05, 0) is 72.1 Å². The molecule has 0 radical (unpaired) electrons. The second-order valence-electron chi connectivity index (χ2n) is 14.4. The summed E-state index contributed by atoms with van der Waals surface area (Å²) in [4.78, 5) is 4.69. The van der Waals surface area contributed by atoms with E-state index < -0.39 is 0 Å². The molecular formula is C52H32N2O2S. The van der Waals surface area contributed by atoms with Crippen LogP contribution in [0.5, 0.6) is 0 Å². The molecule has 0 aliphatic heterocycles. The third-order valence-corrected chi connectivity index (χ3v) is 12.3. The third-order valence-electron chi connectivity index (χ3n) is 11.2. The van der Waals surface area contributed by atoms with Gasteiger partial charge in [0.05, 0.1) is 17.1 Å². The topological polar surface area (TPSA) is 32.8 Å². The molecule has 0 saturated heterocycles. The van der Waals surface area contributed by atoms with E-state index in [1.54, 1.807) is 0 Å². The first kappa shape index (κ1) is 32.0. The number of thiophene rings is 1. The minimum absolute atomic E-state index is 0.869. The average molecular weight is 749 g/mol. The fourth-order valence-electron chi connectivity index (χ4n) is 8.74. The summed E-state index contributed by atoms with van der Waals surface area (Å²) in [5.41, 5.74) is 9.82. The van der Waals surface area contributed by atoms with Gasteiger partial charge >= 0.3 is 0 Å². The molecule has 12 rings (SSSR count). The van der Waals surface area contributed by atoms with Gasteiger partial charge in [0.15, 0.2) is 11.2 Å². The fourth-order valence-corrected chi connectivity index (χ4v) is 9.93. The Bertz CT molecular complexity index is 3490. The van der Waals surface area contributed by atoms with Crippen molar-refractivity contribution in [2.45, 2.75) is 0 Å². The Morgan fingerprint density at radius 3 is 1.46 bits per heavy atom. The zero-order valence-electron chi connectivity index (χ0n) is 30.6. The van der Waals surface area contributed by atoms with E-state index in [2.05, 4.69) is 186 Å². The van der Waals surface area contributed by atoms with Gasteiger partial charge in [0.1, 0.15) is 11.2 Å². The molecule has 9 aromatic carbocycles. The Morgan fingerprint density at radius 1 is 0.316 bits per heavy atom. The van der Waals surface area contributed by atoms with Gasteiger partial charge in [-0.1, -0.05) is 127 Å². The molecule has 268 valence electrons. The van der Waals surface area contributed by atoms with Crippen molar-refractivity contribution in [2.75, 3.05) is 9.80 Å². The van der Waals surface area contributed by atoms with E-state index in [0.29, 0.717) is 0 Å². The standard InChI is InChI=1S/C52H32N2O2S/c1-3-15-33(16-4-1)53(43-25-13-23-40-37-20-9-11-27-46(37)55-51(40)43)35-29-30-42-48(31-35)57-49-32-45(36-19-7-8-22-39(36)50(42)49)54(34-17-5-2-6-18-34)44-26-14-24-41-38-21-10-12-28-47(38)56-52(41)44/h1-32H. The van der Waals surface area contributed by atoms with Crippen LogP contribution in [0.2, 0.25) is 0 Å². The molecule has 5 heteroatoms. The minimum atomic E-state index is 0.869. The number of hydrogen-bond donors (Lipinski definition) is 0. The van der Waals surface area contributed by atoms with Crippen LogP contribution in [0, 0.1) is 0 Å². The number of anilines is 6. The van der Waals surface area contributed by atoms with Crippen molar-refractivity contribution in [3.63, 3.8) is 0 Å². The SMILES string of the molecule is c1ccc(N(c2ccc3c(c2)sc2cc(N(c4ccccc4)c4cccc5c4oc4ccccc45)c4ccccc4c23)c2cccc3c2oc2ccccc23)cc1. The van der Waals surface area contributed by atoms with Crippen LogP contribution in [0.3, 0.4) is 0 Å². The summed E-state index contributed by atoms with van der Waals surface area (Å²) in [6.45, 7) is 0. The molecule has 0 spiro atoms. The van der Waals surface area contributed by atoms with E-state index >= 15 is 0 Å². The Labute approximate surface area is 331 Å². The van der Waals surface area contributed by atoms with E-state index in [4.69, 9.17) is 8.83 Å². The second kappa shape index (κ2) is 12.6. The number of nitrogens with zero attached hydrogens (tertiary/aromatic N) is 2. The average Bonchev–Trinajstić information content (AvgIpc) is 3.97. The summed E-state index contributed by atoms with van der Waals surface area (Å²) >= 11 is 1.84. The van der Waals surface area contributed by atoms with Crippen LogP contribution in [0.15, 0.2) is 203 Å².